The van der Waals surface area contributed by atoms with Gasteiger partial charge in [-0.3, -0.25) is 0 Å². The molecule has 6 aliphatic rings. The summed E-state index contributed by atoms with van der Waals surface area (Å²) in [6.45, 7) is 0. The number of hydrogen-bond acceptors (Lipinski definition) is 10. The Hall–Kier alpha value is -1.05. The molecule has 0 radical (unpaired) electrons. The van der Waals surface area contributed by atoms with Crippen molar-refractivity contribution in [2.75, 3.05) is 0 Å². The summed E-state index contributed by atoms with van der Waals surface area (Å²) in [5, 5.41) is 3.87. The van der Waals surface area contributed by atoms with Gasteiger partial charge in [0.05, 0.1) is 0 Å². The van der Waals surface area contributed by atoms with Crippen molar-refractivity contribution in [2.45, 2.75) is 74.5 Å². The summed E-state index contributed by atoms with van der Waals surface area (Å²) in [5.41, 5.74) is 0. The summed E-state index contributed by atoms with van der Waals surface area (Å²) in [6.07, 6.45) is 1.96. The van der Waals surface area contributed by atoms with E-state index < -0.39 is 18.2 Å². The molecule has 8 unspecified atom stereocenters. The molecular formula is C30H28Cl3N2O8Sb. The van der Waals surface area contributed by atoms with E-state index in [1.165, 1.54) is 0 Å². The first kappa shape index (κ1) is 29.1. The van der Waals surface area contributed by atoms with Crippen molar-refractivity contribution in [1.82, 2.24) is 10.8 Å². The molecule has 6 aliphatic heterocycles. The van der Waals surface area contributed by atoms with Crippen LogP contribution in [0.15, 0.2) is 72.8 Å². The molecule has 6 fully saturated rings. The summed E-state index contributed by atoms with van der Waals surface area (Å²) in [5.74, 6) is 0. The molecule has 0 spiro atoms. The molecule has 14 heteroatoms. The van der Waals surface area contributed by atoms with E-state index in [0.717, 1.165) is 36.5 Å². The fourth-order valence-corrected chi connectivity index (χ4v) is 19.8. The number of benzene rings is 3. The SMILES string of the molecule is Clc1cc[c]([Sb]([O]N2OC3C4CCC(O4)C3O2)([O]N2OC3C4CCC(O4)C3O2)([c]2ccc(Cl)cc2)[c]2ccc(Cl)cc2)cc1. The number of ether oxygens (including phenoxy) is 2. The Morgan fingerprint density at radius 1 is 0.477 bits per heavy atom. The van der Waals surface area contributed by atoms with Crippen LogP contribution in [0, 0.1) is 0 Å². The van der Waals surface area contributed by atoms with Crippen molar-refractivity contribution in [3.8, 4) is 0 Å². The number of rotatable bonds is 7. The molecule has 0 amide bonds. The van der Waals surface area contributed by atoms with Crippen molar-refractivity contribution >= 4 is 63.6 Å². The van der Waals surface area contributed by atoms with Crippen molar-refractivity contribution in [1.29, 1.82) is 0 Å². The predicted molar refractivity (Wildman–Crippen MR) is 160 cm³/mol. The molecule has 10 nitrogen and oxygen atoms in total. The van der Waals surface area contributed by atoms with Gasteiger partial charge < -0.3 is 0 Å². The van der Waals surface area contributed by atoms with E-state index in [1.54, 1.807) is 36.4 Å². The summed E-state index contributed by atoms with van der Waals surface area (Å²) in [4.78, 5) is 25.4. The van der Waals surface area contributed by atoms with E-state index in [-0.39, 0.29) is 48.8 Å². The quantitative estimate of drug-likeness (QED) is 0.331. The summed E-state index contributed by atoms with van der Waals surface area (Å²) >= 11 is 13.3. The van der Waals surface area contributed by atoms with Crippen LogP contribution in [0.5, 0.6) is 0 Å². The van der Waals surface area contributed by atoms with Gasteiger partial charge in [0.25, 0.3) is 0 Å². The molecule has 44 heavy (non-hydrogen) atoms. The van der Waals surface area contributed by atoms with Gasteiger partial charge in [-0.15, -0.1) is 0 Å². The topological polar surface area (TPSA) is 80.3 Å². The van der Waals surface area contributed by atoms with Gasteiger partial charge >= 0.3 is 272 Å². The molecule has 6 saturated heterocycles. The van der Waals surface area contributed by atoms with Gasteiger partial charge in [-0.1, -0.05) is 0 Å². The van der Waals surface area contributed by atoms with Gasteiger partial charge in [0, 0.05) is 0 Å². The Morgan fingerprint density at radius 2 is 0.750 bits per heavy atom. The van der Waals surface area contributed by atoms with Crippen LogP contribution in [0.4, 0.5) is 0 Å². The fraction of sp³-hybridized carbons (Fsp3) is 0.400. The zero-order chi connectivity index (χ0) is 29.7. The molecule has 0 N–H and O–H groups in total. The van der Waals surface area contributed by atoms with Crippen molar-refractivity contribution < 1.29 is 35.1 Å². The predicted octanol–water partition coefficient (Wildman–Crippen LogP) is 3.88. The molecule has 0 aliphatic carbocycles. The average molecular weight is 773 g/mol. The zero-order valence-electron chi connectivity index (χ0n) is 23.1. The van der Waals surface area contributed by atoms with Gasteiger partial charge in [-0.25, -0.2) is 0 Å². The van der Waals surface area contributed by atoms with Crippen LogP contribution in [0.1, 0.15) is 25.7 Å². The number of nitrogens with zero attached hydrogens (tertiary/aromatic N) is 2. The third kappa shape index (κ3) is 4.32. The first-order valence-corrected chi connectivity index (χ1v) is 21.7. The van der Waals surface area contributed by atoms with E-state index in [1.807, 2.05) is 36.4 Å². The van der Waals surface area contributed by atoms with Gasteiger partial charge in [-0.2, -0.15) is 0 Å². The first-order valence-electron chi connectivity index (χ1n) is 14.7. The molecular weight excluding hydrogens is 744 g/mol. The Bertz CT molecular complexity index is 1370. The van der Waals surface area contributed by atoms with Crippen LogP contribution in [-0.4, -0.2) is 77.8 Å². The van der Waals surface area contributed by atoms with Crippen LogP contribution in [0.2, 0.25) is 15.1 Å². The first-order chi connectivity index (χ1) is 21.4. The second kappa shape index (κ2) is 10.7. The van der Waals surface area contributed by atoms with Gasteiger partial charge in [0.15, 0.2) is 0 Å². The second-order valence-electron chi connectivity index (χ2n) is 11.9. The summed E-state index contributed by atoms with van der Waals surface area (Å²) < 4.78 is 28.7. The monoisotopic (exact) mass is 770 g/mol. The van der Waals surface area contributed by atoms with E-state index in [4.69, 9.17) is 69.9 Å². The molecule has 0 aromatic heterocycles. The Labute approximate surface area is 270 Å². The van der Waals surface area contributed by atoms with E-state index in [2.05, 4.69) is 0 Å². The molecule has 3 aromatic rings. The molecule has 6 heterocycles. The Balaban J connectivity index is 1.25. The Morgan fingerprint density at radius 3 is 1.02 bits per heavy atom. The van der Waals surface area contributed by atoms with E-state index in [0.29, 0.717) is 25.6 Å². The molecule has 0 saturated carbocycles. The second-order valence-corrected chi connectivity index (χ2v) is 24.0. The third-order valence-corrected chi connectivity index (χ3v) is 23.3. The van der Waals surface area contributed by atoms with Gasteiger partial charge in [0.2, 0.25) is 0 Å². The third-order valence-electron chi connectivity index (χ3n) is 9.45. The van der Waals surface area contributed by atoms with Crippen molar-refractivity contribution in [3.05, 3.63) is 87.9 Å². The van der Waals surface area contributed by atoms with Crippen LogP contribution in [0.3, 0.4) is 0 Å². The average Bonchev–Trinajstić information content (AvgIpc) is 3.86. The van der Waals surface area contributed by atoms with E-state index in [9.17, 15) is 0 Å². The van der Waals surface area contributed by atoms with Crippen LogP contribution >= 0.6 is 34.8 Å². The fourth-order valence-electron chi connectivity index (χ4n) is 7.36. The van der Waals surface area contributed by atoms with Crippen molar-refractivity contribution in [3.63, 3.8) is 0 Å². The van der Waals surface area contributed by atoms with Gasteiger partial charge in [0.1, 0.15) is 0 Å². The zero-order valence-corrected chi connectivity index (χ0v) is 27.9. The summed E-state index contributed by atoms with van der Waals surface area (Å²) in [6, 6.07) is 22.1. The number of fused-ring (bicyclic) bond motifs is 10. The van der Waals surface area contributed by atoms with E-state index >= 15 is 0 Å². The normalized spacial score (nSPS) is 35.2. The molecule has 3 aromatic carbocycles. The minimum atomic E-state index is -6.00. The van der Waals surface area contributed by atoms with Crippen LogP contribution in [0.25, 0.3) is 0 Å². The number of halogens is 3. The number of hydrogen-bond donors (Lipinski definition) is 0. The molecule has 4 bridgehead atoms. The van der Waals surface area contributed by atoms with Crippen LogP contribution < -0.4 is 10.5 Å². The Kier molecular flexibility index (Phi) is 7.10. The maximum atomic E-state index is 7.23. The molecule has 8 atom stereocenters. The van der Waals surface area contributed by atoms with Gasteiger partial charge in [-0.05, 0) is 0 Å². The van der Waals surface area contributed by atoms with Crippen molar-refractivity contribution in [2.24, 2.45) is 0 Å². The standard InChI is InChI=1S/3C6H4Cl.2C6H8NO4.Sb/c3*7-6-4-2-1-3-5-6;2*8-7-10-5-3-1-2-4(9-3)6(5)11-7;/h3*2-5H;2*3-6H,1-2H2;/q;;;2*-1;+2. The minimum absolute atomic E-state index is 0.0826. The molecule has 9 rings (SSSR count). The maximum absolute atomic E-state index is 7.23. The summed E-state index contributed by atoms with van der Waals surface area (Å²) in [7, 11) is 0. The molecule has 232 valence electrons. The van der Waals surface area contributed by atoms with Crippen LogP contribution in [-0.2, 0) is 35.1 Å².